The second kappa shape index (κ2) is 8.97. The Labute approximate surface area is 75.6 Å². The van der Waals surface area contributed by atoms with Gasteiger partial charge in [-0.3, -0.25) is 0 Å². The van der Waals surface area contributed by atoms with E-state index in [1.165, 1.54) is 12.8 Å². The van der Waals surface area contributed by atoms with Crippen molar-refractivity contribution in [3.63, 3.8) is 0 Å². The monoisotopic (exact) mass is 174 g/mol. The van der Waals surface area contributed by atoms with Crippen molar-refractivity contribution in [3.8, 4) is 0 Å². The molecular formula is C9H22N2O. The number of rotatable bonds is 8. The van der Waals surface area contributed by atoms with Crippen LogP contribution in [0.1, 0.15) is 25.7 Å². The van der Waals surface area contributed by atoms with Crippen LogP contribution >= 0.6 is 0 Å². The van der Waals surface area contributed by atoms with E-state index in [0.717, 1.165) is 32.5 Å². The van der Waals surface area contributed by atoms with Crippen molar-refractivity contribution >= 4 is 0 Å². The molecule has 0 aromatic carbocycles. The molecule has 0 saturated heterocycles. The molecule has 3 nitrogen and oxygen atoms in total. The van der Waals surface area contributed by atoms with Gasteiger partial charge in [0.05, 0.1) is 0 Å². The maximum Gasteiger partial charge on any atom is 0.0443 e. The Morgan fingerprint density at radius 1 is 1.08 bits per heavy atom. The first-order chi connectivity index (χ1) is 5.81. The summed E-state index contributed by atoms with van der Waals surface area (Å²) in [6.07, 6.45) is 4.46. The average molecular weight is 174 g/mol. The van der Waals surface area contributed by atoms with E-state index in [-0.39, 0.29) is 0 Å². The second-order valence-electron chi connectivity index (χ2n) is 3.23. The molecule has 0 fully saturated rings. The quantitative estimate of drug-likeness (QED) is 0.525. The summed E-state index contributed by atoms with van der Waals surface area (Å²) in [5.41, 5.74) is 5.38. The standard InChI is InChI=1S/C9H22N2O/c1-11(8-5-9-12)7-4-2-3-6-10/h12H,2-10H2,1H3. The zero-order chi connectivity index (χ0) is 9.23. The van der Waals surface area contributed by atoms with Crippen LogP contribution in [0.5, 0.6) is 0 Å². The summed E-state index contributed by atoms with van der Waals surface area (Å²) < 4.78 is 0. The highest BCUT2D eigenvalue weighted by molar-refractivity contribution is 4.52. The van der Waals surface area contributed by atoms with Crippen LogP contribution in [-0.2, 0) is 0 Å². The number of hydrogen-bond acceptors (Lipinski definition) is 3. The van der Waals surface area contributed by atoms with E-state index >= 15 is 0 Å². The van der Waals surface area contributed by atoms with Crippen LogP contribution < -0.4 is 5.73 Å². The molecular weight excluding hydrogens is 152 g/mol. The maximum atomic E-state index is 8.58. The number of unbranched alkanes of at least 4 members (excludes halogenated alkanes) is 2. The molecule has 0 aliphatic rings. The van der Waals surface area contributed by atoms with Gasteiger partial charge in [0, 0.05) is 13.2 Å². The van der Waals surface area contributed by atoms with E-state index in [4.69, 9.17) is 10.8 Å². The zero-order valence-corrected chi connectivity index (χ0v) is 8.13. The molecule has 0 bridgehead atoms. The molecule has 0 aliphatic carbocycles. The van der Waals surface area contributed by atoms with Gasteiger partial charge in [-0.25, -0.2) is 0 Å². The Kier molecular flexibility index (Phi) is 8.88. The first-order valence-electron chi connectivity index (χ1n) is 4.80. The largest absolute Gasteiger partial charge is 0.396 e. The highest BCUT2D eigenvalue weighted by atomic mass is 16.3. The molecule has 0 rings (SSSR count). The van der Waals surface area contributed by atoms with Crippen molar-refractivity contribution in [3.05, 3.63) is 0 Å². The third-order valence-electron chi connectivity index (χ3n) is 1.94. The Balaban J connectivity index is 3.02. The predicted molar refractivity (Wildman–Crippen MR) is 52.1 cm³/mol. The summed E-state index contributed by atoms with van der Waals surface area (Å²) in [5.74, 6) is 0. The van der Waals surface area contributed by atoms with E-state index in [0.29, 0.717) is 6.61 Å². The zero-order valence-electron chi connectivity index (χ0n) is 8.13. The molecule has 3 N–H and O–H groups in total. The van der Waals surface area contributed by atoms with Crippen molar-refractivity contribution in [2.75, 3.05) is 33.3 Å². The minimum Gasteiger partial charge on any atom is -0.396 e. The summed E-state index contributed by atoms with van der Waals surface area (Å²) in [6.45, 7) is 3.23. The van der Waals surface area contributed by atoms with Crippen LogP contribution in [0.3, 0.4) is 0 Å². The molecule has 0 amide bonds. The Bertz CT molecular complexity index is 88.6. The molecule has 0 radical (unpaired) electrons. The SMILES string of the molecule is CN(CCCO)CCCCCN. The lowest BCUT2D eigenvalue weighted by Crippen LogP contribution is -2.21. The summed E-state index contributed by atoms with van der Waals surface area (Å²) >= 11 is 0. The molecule has 0 heterocycles. The molecule has 0 aromatic heterocycles. The Hall–Kier alpha value is -0.120. The van der Waals surface area contributed by atoms with Gasteiger partial charge in [0.25, 0.3) is 0 Å². The first-order valence-corrected chi connectivity index (χ1v) is 4.80. The summed E-state index contributed by atoms with van der Waals surface area (Å²) in [5, 5.41) is 8.58. The fourth-order valence-electron chi connectivity index (χ4n) is 1.16. The van der Waals surface area contributed by atoms with E-state index < -0.39 is 0 Å². The van der Waals surface area contributed by atoms with E-state index in [1.807, 2.05) is 0 Å². The highest BCUT2D eigenvalue weighted by Crippen LogP contribution is 1.96. The molecule has 12 heavy (non-hydrogen) atoms. The second-order valence-corrected chi connectivity index (χ2v) is 3.23. The van der Waals surface area contributed by atoms with Crippen LogP contribution in [0.4, 0.5) is 0 Å². The lowest BCUT2D eigenvalue weighted by Gasteiger charge is -2.15. The minimum absolute atomic E-state index is 0.299. The van der Waals surface area contributed by atoms with Crippen LogP contribution in [-0.4, -0.2) is 43.3 Å². The van der Waals surface area contributed by atoms with Gasteiger partial charge in [0.15, 0.2) is 0 Å². The fraction of sp³-hybridized carbons (Fsp3) is 1.00. The van der Waals surface area contributed by atoms with Gasteiger partial charge >= 0.3 is 0 Å². The summed E-state index contributed by atoms with van der Waals surface area (Å²) in [6, 6.07) is 0. The summed E-state index contributed by atoms with van der Waals surface area (Å²) in [4.78, 5) is 2.26. The van der Waals surface area contributed by atoms with Crippen molar-refractivity contribution in [2.24, 2.45) is 5.73 Å². The third kappa shape index (κ3) is 7.98. The Morgan fingerprint density at radius 2 is 1.75 bits per heavy atom. The molecule has 0 spiro atoms. The lowest BCUT2D eigenvalue weighted by atomic mass is 10.2. The molecule has 0 saturated carbocycles. The number of nitrogens with zero attached hydrogens (tertiary/aromatic N) is 1. The Morgan fingerprint density at radius 3 is 2.33 bits per heavy atom. The van der Waals surface area contributed by atoms with Crippen molar-refractivity contribution < 1.29 is 5.11 Å². The number of aliphatic hydroxyl groups is 1. The van der Waals surface area contributed by atoms with Gasteiger partial charge in [-0.1, -0.05) is 6.42 Å². The maximum absolute atomic E-state index is 8.58. The smallest absolute Gasteiger partial charge is 0.0443 e. The van der Waals surface area contributed by atoms with Gasteiger partial charge < -0.3 is 15.7 Å². The van der Waals surface area contributed by atoms with E-state index in [2.05, 4.69) is 11.9 Å². The van der Waals surface area contributed by atoms with Crippen molar-refractivity contribution in [1.29, 1.82) is 0 Å². The van der Waals surface area contributed by atoms with E-state index in [9.17, 15) is 0 Å². The molecule has 0 aromatic rings. The van der Waals surface area contributed by atoms with Crippen molar-refractivity contribution in [1.82, 2.24) is 4.90 Å². The molecule has 3 heteroatoms. The van der Waals surface area contributed by atoms with Gasteiger partial charge in [0.1, 0.15) is 0 Å². The van der Waals surface area contributed by atoms with E-state index in [1.54, 1.807) is 0 Å². The molecule has 0 unspecified atom stereocenters. The third-order valence-corrected chi connectivity index (χ3v) is 1.94. The molecule has 74 valence electrons. The van der Waals surface area contributed by atoms with Crippen LogP contribution in [0.2, 0.25) is 0 Å². The van der Waals surface area contributed by atoms with Crippen LogP contribution in [0, 0.1) is 0 Å². The highest BCUT2D eigenvalue weighted by Gasteiger charge is 1.96. The summed E-state index contributed by atoms with van der Waals surface area (Å²) in [7, 11) is 2.10. The van der Waals surface area contributed by atoms with Gasteiger partial charge in [-0.15, -0.1) is 0 Å². The normalized spacial score (nSPS) is 11.0. The average Bonchev–Trinajstić information content (AvgIpc) is 2.09. The fourth-order valence-corrected chi connectivity index (χ4v) is 1.16. The number of aliphatic hydroxyl groups excluding tert-OH is 1. The van der Waals surface area contributed by atoms with Crippen LogP contribution in [0.25, 0.3) is 0 Å². The molecule has 0 aliphatic heterocycles. The first kappa shape index (κ1) is 11.9. The van der Waals surface area contributed by atoms with Gasteiger partial charge in [0.2, 0.25) is 0 Å². The van der Waals surface area contributed by atoms with Crippen molar-refractivity contribution in [2.45, 2.75) is 25.7 Å². The lowest BCUT2D eigenvalue weighted by molar-refractivity contribution is 0.245. The topological polar surface area (TPSA) is 49.5 Å². The molecule has 0 atom stereocenters. The van der Waals surface area contributed by atoms with Gasteiger partial charge in [-0.2, -0.15) is 0 Å². The minimum atomic E-state index is 0.299. The predicted octanol–water partition coefficient (Wildman–Crippen LogP) is 0.430. The number of nitrogens with two attached hydrogens (primary N) is 1. The number of hydrogen-bond donors (Lipinski definition) is 2. The van der Waals surface area contributed by atoms with Crippen LogP contribution in [0.15, 0.2) is 0 Å². The van der Waals surface area contributed by atoms with Gasteiger partial charge in [-0.05, 0) is 39.4 Å².